The van der Waals surface area contributed by atoms with Crippen molar-refractivity contribution < 1.29 is 0 Å². The number of fused-ring (bicyclic) bond motifs is 1. The highest BCUT2D eigenvalue weighted by atomic mass is 35.5. The van der Waals surface area contributed by atoms with Crippen LogP contribution in [0.15, 0.2) is 24.5 Å². The van der Waals surface area contributed by atoms with E-state index >= 15 is 0 Å². The molecule has 3 aromatic rings. The summed E-state index contributed by atoms with van der Waals surface area (Å²) >= 11 is 17.4. The minimum atomic E-state index is 0.497. The maximum absolute atomic E-state index is 6.07. The van der Waals surface area contributed by atoms with Crippen LogP contribution >= 0.6 is 35.4 Å². The average molecular weight is 325 g/mol. The Morgan fingerprint density at radius 1 is 1.20 bits per heavy atom. The molecule has 0 aliphatic rings. The van der Waals surface area contributed by atoms with E-state index in [1.165, 1.54) is 0 Å². The van der Waals surface area contributed by atoms with Crippen LogP contribution in [-0.2, 0) is 6.54 Å². The molecule has 0 aliphatic heterocycles. The van der Waals surface area contributed by atoms with Gasteiger partial charge >= 0.3 is 0 Å². The molecule has 2 heterocycles. The highest BCUT2D eigenvalue weighted by Crippen LogP contribution is 2.27. The third-order valence-electron chi connectivity index (χ3n) is 2.97. The first-order valence-electron chi connectivity index (χ1n) is 5.89. The standard InChI is InChI=1S/C13H10Cl2N4S/c1-7-4-17-8(5-16-7)6-19-12-3-10(15)9(14)2-11(12)18-13(19)20/h2-5H,6H2,1H3,(H,18,20). The fourth-order valence-electron chi connectivity index (χ4n) is 1.97. The molecule has 0 radical (unpaired) electrons. The lowest BCUT2D eigenvalue weighted by atomic mass is 10.3. The third-order valence-corrected chi connectivity index (χ3v) is 4.02. The van der Waals surface area contributed by atoms with Crippen molar-refractivity contribution in [2.75, 3.05) is 0 Å². The topological polar surface area (TPSA) is 46.5 Å². The second-order valence-corrected chi connectivity index (χ2v) is 5.65. The van der Waals surface area contributed by atoms with E-state index in [-0.39, 0.29) is 0 Å². The van der Waals surface area contributed by atoms with E-state index in [0.29, 0.717) is 21.4 Å². The molecule has 1 N–H and O–H groups in total. The summed E-state index contributed by atoms with van der Waals surface area (Å²) in [6, 6.07) is 3.57. The molecular weight excluding hydrogens is 315 g/mol. The van der Waals surface area contributed by atoms with Crippen molar-refractivity contribution in [1.29, 1.82) is 0 Å². The van der Waals surface area contributed by atoms with Crippen molar-refractivity contribution in [3.05, 3.63) is 50.7 Å². The maximum Gasteiger partial charge on any atom is 0.178 e. The van der Waals surface area contributed by atoms with Gasteiger partial charge in [-0.15, -0.1) is 0 Å². The molecule has 7 heteroatoms. The van der Waals surface area contributed by atoms with E-state index in [0.717, 1.165) is 22.4 Å². The van der Waals surface area contributed by atoms with Gasteiger partial charge in [0.25, 0.3) is 0 Å². The van der Waals surface area contributed by atoms with Crippen molar-refractivity contribution in [1.82, 2.24) is 19.5 Å². The van der Waals surface area contributed by atoms with Gasteiger partial charge in [0, 0.05) is 6.20 Å². The Bertz CT molecular complexity index is 836. The van der Waals surface area contributed by atoms with Crippen LogP contribution in [0.1, 0.15) is 11.4 Å². The number of hydrogen-bond donors (Lipinski definition) is 1. The Balaban J connectivity index is 2.11. The first-order chi connectivity index (χ1) is 9.54. The van der Waals surface area contributed by atoms with Crippen LogP contribution in [0.5, 0.6) is 0 Å². The molecule has 4 nitrogen and oxygen atoms in total. The van der Waals surface area contributed by atoms with Gasteiger partial charge in [0.2, 0.25) is 0 Å². The summed E-state index contributed by atoms with van der Waals surface area (Å²) in [5.74, 6) is 0. The lowest BCUT2D eigenvalue weighted by Gasteiger charge is -2.05. The van der Waals surface area contributed by atoms with E-state index in [9.17, 15) is 0 Å². The number of aromatic amines is 1. The number of hydrogen-bond acceptors (Lipinski definition) is 3. The van der Waals surface area contributed by atoms with Crippen LogP contribution in [0.2, 0.25) is 10.0 Å². The van der Waals surface area contributed by atoms with Gasteiger partial charge in [-0.25, -0.2) is 0 Å². The summed E-state index contributed by atoms with van der Waals surface area (Å²) < 4.78 is 2.52. The maximum atomic E-state index is 6.07. The molecule has 0 atom stereocenters. The Kier molecular flexibility index (Phi) is 3.50. The smallest absolute Gasteiger partial charge is 0.178 e. The quantitative estimate of drug-likeness (QED) is 0.720. The minimum Gasteiger partial charge on any atom is -0.331 e. The van der Waals surface area contributed by atoms with E-state index in [1.54, 1.807) is 24.5 Å². The highest BCUT2D eigenvalue weighted by Gasteiger charge is 2.09. The molecule has 0 fully saturated rings. The molecule has 20 heavy (non-hydrogen) atoms. The second kappa shape index (κ2) is 5.16. The monoisotopic (exact) mass is 324 g/mol. The summed E-state index contributed by atoms with van der Waals surface area (Å²) in [5.41, 5.74) is 3.46. The van der Waals surface area contributed by atoms with Gasteiger partial charge in [0.1, 0.15) is 0 Å². The fourth-order valence-corrected chi connectivity index (χ4v) is 2.57. The van der Waals surface area contributed by atoms with Gasteiger partial charge in [-0.3, -0.25) is 9.97 Å². The number of aromatic nitrogens is 4. The van der Waals surface area contributed by atoms with Crippen molar-refractivity contribution in [2.24, 2.45) is 0 Å². The summed E-state index contributed by atoms with van der Waals surface area (Å²) in [5, 5.41) is 0.995. The average Bonchev–Trinajstić information content (AvgIpc) is 2.69. The van der Waals surface area contributed by atoms with Gasteiger partial charge in [-0.2, -0.15) is 0 Å². The first-order valence-corrected chi connectivity index (χ1v) is 7.06. The summed E-state index contributed by atoms with van der Waals surface area (Å²) in [6.45, 7) is 2.43. The summed E-state index contributed by atoms with van der Waals surface area (Å²) in [4.78, 5) is 11.7. The predicted molar refractivity (Wildman–Crippen MR) is 83.0 cm³/mol. The second-order valence-electron chi connectivity index (χ2n) is 4.45. The van der Waals surface area contributed by atoms with E-state index in [2.05, 4.69) is 15.0 Å². The molecule has 0 saturated carbocycles. The van der Waals surface area contributed by atoms with Crippen LogP contribution in [0.25, 0.3) is 11.0 Å². The lowest BCUT2D eigenvalue weighted by Crippen LogP contribution is -2.02. The summed E-state index contributed by atoms with van der Waals surface area (Å²) in [7, 11) is 0. The van der Waals surface area contributed by atoms with Gasteiger partial charge < -0.3 is 9.55 Å². The molecule has 0 aliphatic carbocycles. The normalized spacial score (nSPS) is 11.2. The Morgan fingerprint density at radius 2 is 1.95 bits per heavy atom. The van der Waals surface area contributed by atoms with Crippen molar-refractivity contribution in [3.63, 3.8) is 0 Å². The Hall–Kier alpha value is -1.43. The predicted octanol–water partition coefficient (Wildman–Crippen LogP) is 4.15. The number of benzene rings is 1. The zero-order valence-corrected chi connectivity index (χ0v) is 12.9. The number of H-pyrrole nitrogens is 1. The third kappa shape index (κ3) is 2.44. The van der Waals surface area contributed by atoms with Crippen LogP contribution < -0.4 is 0 Å². The van der Waals surface area contributed by atoms with Gasteiger partial charge in [-0.05, 0) is 31.3 Å². The summed E-state index contributed by atoms with van der Waals surface area (Å²) in [6.07, 6.45) is 3.48. The van der Waals surface area contributed by atoms with Gasteiger partial charge in [0.05, 0.1) is 45.2 Å². The lowest BCUT2D eigenvalue weighted by molar-refractivity contribution is 0.776. The number of nitrogens with one attached hydrogen (secondary N) is 1. The molecule has 2 aromatic heterocycles. The SMILES string of the molecule is Cc1cnc(Cn2c(=S)[nH]c3cc(Cl)c(Cl)cc32)cn1. The van der Waals surface area contributed by atoms with Crippen molar-refractivity contribution >= 4 is 46.5 Å². The molecule has 0 bridgehead atoms. The molecule has 3 rings (SSSR count). The highest BCUT2D eigenvalue weighted by molar-refractivity contribution is 7.71. The van der Waals surface area contributed by atoms with Crippen LogP contribution in [-0.4, -0.2) is 19.5 Å². The fraction of sp³-hybridized carbons (Fsp3) is 0.154. The molecule has 102 valence electrons. The zero-order chi connectivity index (χ0) is 14.3. The van der Waals surface area contributed by atoms with Crippen LogP contribution in [0, 0.1) is 11.7 Å². The molecule has 0 spiro atoms. The minimum absolute atomic E-state index is 0.497. The largest absolute Gasteiger partial charge is 0.331 e. The molecule has 1 aromatic carbocycles. The Labute approximate surface area is 130 Å². The number of halogens is 2. The van der Waals surface area contributed by atoms with Crippen molar-refractivity contribution in [3.8, 4) is 0 Å². The van der Waals surface area contributed by atoms with E-state index < -0.39 is 0 Å². The van der Waals surface area contributed by atoms with E-state index in [1.807, 2.05) is 11.5 Å². The van der Waals surface area contributed by atoms with E-state index in [4.69, 9.17) is 35.4 Å². The molecular formula is C13H10Cl2N4S. The van der Waals surface area contributed by atoms with Crippen LogP contribution in [0.4, 0.5) is 0 Å². The molecule has 0 amide bonds. The van der Waals surface area contributed by atoms with Gasteiger partial charge in [0.15, 0.2) is 4.77 Å². The molecule has 0 unspecified atom stereocenters. The van der Waals surface area contributed by atoms with Gasteiger partial charge in [-0.1, -0.05) is 23.2 Å². The zero-order valence-electron chi connectivity index (χ0n) is 10.5. The number of nitrogens with zero attached hydrogens (tertiary/aromatic N) is 3. The first kappa shape index (κ1) is 13.5. The number of rotatable bonds is 2. The Morgan fingerprint density at radius 3 is 2.65 bits per heavy atom. The number of aryl methyl sites for hydroxylation is 1. The van der Waals surface area contributed by atoms with Crippen LogP contribution in [0.3, 0.4) is 0 Å². The number of imidazole rings is 1. The molecule has 0 saturated heterocycles. The van der Waals surface area contributed by atoms with Crippen molar-refractivity contribution in [2.45, 2.75) is 13.5 Å².